The van der Waals surface area contributed by atoms with Crippen LogP contribution in [0.25, 0.3) is 0 Å². The van der Waals surface area contributed by atoms with Crippen molar-refractivity contribution in [1.82, 2.24) is 25.1 Å². The van der Waals surface area contributed by atoms with E-state index in [2.05, 4.69) is 15.6 Å². The molecule has 3 aromatic rings. The van der Waals surface area contributed by atoms with Gasteiger partial charge in [0.25, 0.3) is 11.5 Å². The van der Waals surface area contributed by atoms with Crippen LogP contribution in [0.5, 0.6) is 5.75 Å². The number of carbonyl (C=O) groups is 3. The lowest BCUT2D eigenvalue weighted by atomic mass is 10.0. The van der Waals surface area contributed by atoms with Gasteiger partial charge in [-0.15, -0.1) is 0 Å². The molecule has 2 aromatic carbocycles. The van der Waals surface area contributed by atoms with E-state index >= 15 is 0 Å². The number of nitrogens with one attached hydrogen (secondary N) is 2. The van der Waals surface area contributed by atoms with Gasteiger partial charge in [0.1, 0.15) is 18.2 Å². The number of hydrogen-bond donors (Lipinski definition) is 2. The van der Waals surface area contributed by atoms with Gasteiger partial charge < -0.3 is 20.3 Å². The van der Waals surface area contributed by atoms with Gasteiger partial charge in [-0.2, -0.15) is 0 Å². The highest BCUT2D eigenvalue weighted by molar-refractivity contribution is 6.34. The molecule has 1 unspecified atom stereocenters. The largest absolute Gasteiger partial charge is 0.481 e. The van der Waals surface area contributed by atoms with Crippen LogP contribution in [0.4, 0.5) is 4.39 Å². The van der Waals surface area contributed by atoms with Crippen molar-refractivity contribution < 1.29 is 23.5 Å². The number of rotatable bonds is 8. The Morgan fingerprint density at radius 3 is 2.54 bits per heavy atom. The molecule has 2 N–H and O–H groups in total. The topological polar surface area (TPSA) is 123 Å². The minimum Gasteiger partial charge on any atom is -0.481 e. The van der Waals surface area contributed by atoms with E-state index < -0.39 is 23.3 Å². The zero-order valence-corrected chi connectivity index (χ0v) is 23.4. The summed E-state index contributed by atoms with van der Waals surface area (Å²) in [5.41, 5.74) is 1.42. The Hall–Kier alpha value is -4.54. The van der Waals surface area contributed by atoms with Gasteiger partial charge >= 0.3 is 11.8 Å². The molecule has 0 aliphatic carbocycles. The average molecular weight is 564 g/mol. The second kappa shape index (κ2) is 13.2. The number of ether oxygens (including phenoxy) is 1. The molecule has 11 heteroatoms. The number of likely N-dealkylation sites (N-methyl/N-ethyl adjacent to an activating group) is 1. The molecule has 41 heavy (non-hydrogen) atoms. The molecule has 1 aliphatic heterocycles. The van der Waals surface area contributed by atoms with E-state index in [-0.39, 0.29) is 42.9 Å². The third-order valence-electron chi connectivity index (χ3n) is 7.01. The molecule has 0 spiro atoms. The van der Waals surface area contributed by atoms with Crippen LogP contribution in [0, 0.1) is 18.7 Å². The number of carbonyl (C=O) groups excluding carboxylic acids is 3. The first-order valence-electron chi connectivity index (χ1n) is 13.5. The van der Waals surface area contributed by atoms with Gasteiger partial charge in [0.15, 0.2) is 5.69 Å². The van der Waals surface area contributed by atoms with Crippen LogP contribution in [0.1, 0.15) is 45.8 Å². The molecule has 4 rings (SSSR count). The van der Waals surface area contributed by atoms with Crippen LogP contribution < -0.4 is 20.9 Å². The Morgan fingerprint density at radius 2 is 1.83 bits per heavy atom. The van der Waals surface area contributed by atoms with Crippen LogP contribution in [0.3, 0.4) is 0 Å². The molecule has 1 aromatic heterocycles. The first kappa shape index (κ1) is 29.4. The van der Waals surface area contributed by atoms with Crippen molar-refractivity contribution in [2.24, 2.45) is 5.92 Å². The molecular formula is C30H34FN5O5. The number of halogens is 1. The molecule has 3 amide bonds. The maximum atomic E-state index is 13.7. The van der Waals surface area contributed by atoms with Crippen molar-refractivity contribution in [3.05, 3.63) is 92.9 Å². The highest BCUT2D eigenvalue weighted by Gasteiger charge is 2.27. The highest BCUT2D eigenvalue weighted by atomic mass is 19.1. The van der Waals surface area contributed by atoms with E-state index in [0.717, 1.165) is 5.56 Å². The zero-order chi connectivity index (χ0) is 29.5. The fraction of sp³-hybridized carbons (Fsp3) is 0.367. The Bertz CT molecular complexity index is 1490. The van der Waals surface area contributed by atoms with E-state index in [0.29, 0.717) is 42.8 Å². The normalized spacial score (nSPS) is 14.4. The number of nitrogens with zero attached hydrogens (tertiary/aromatic N) is 3. The minimum absolute atomic E-state index is 0.00249. The van der Waals surface area contributed by atoms with Gasteiger partial charge in [-0.3, -0.25) is 23.7 Å². The summed E-state index contributed by atoms with van der Waals surface area (Å²) in [7, 11) is 3.02. The summed E-state index contributed by atoms with van der Waals surface area (Å²) in [4.78, 5) is 56.8. The second-order valence-corrected chi connectivity index (χ2v) is 10.3. The van der Waals surface area contributed by atoms with Gasteiger partial charge in [-0.25, -0.2) is 9.37 Å². The lowest BCUT2D eigenvalue weighted by molar-refractivity contribution is -0.144. The van der Waals surface area contributed by atoms with Gasteiger partial charge in [0.2, 0.25) is 5.75 Å². The maximum Gasteiger partial charge on any atom is 0.311 e. The van der Waals surface area contributed by atoms with Crippen molar-refractivity contribution in [3.63, 3.8) is 0 Å². The molecule has 10 nitrogen and oxygen atoms in total. The first-order valence-corrected chi connectivity index (χ1v) is 13.5. The molecule has 216 valence electrons. The number of aryl methyl sites for hydroxylation is 2. The molecule has 0 fully saturated rings. The number of hydrogen-bond acceptors (Lipinski definition) is 6. The summed E-state index contributed by atoms with van der Waals surface area (Å²) >= 11 is 0. The first-order chi connectivity index (χ1) is 19.6. The van der Waals surface area contributed by atoms with E-state index in [1.54, 1.807) is 19.1 Å². The molecule has 2 heterocycles. The number of amides is 3. The fourth-order valence-electron chi connectivity index (χ4n) is 4.61. The third kappa shape index (κ3) is 7.36. The van der Waals surface area contributed by atoms with Gasteiger partial charge in [-0.1, -0.05) is 42.5 Å². The lowest BCUT2D eigenvalue weighted by Crippen LogP contribution is -2.41. The molecule has 0 bridgehead atoms. The van der Waals surface area contributed by atoms with Crippen molar-refractivity contribution in [1.29, 1.82) is 0 Å². The number of benzene rings is 2. The van der Waals surface area contributed by atoms with E-state index in [9.17, 15) is 23.6 Å². The van der Waals surface area contributed by atoms with Crippen LogP contribution in [-0.2, 0) is 35.7 Å². The summed E-state index contributed by atoms with van der Waals surface area (Å²) in [6.45, 7) is 2.43. The van der Waals surface area contributed by atoms with Crippen molar-refractivity contribution >= 4 is 17.7 Å². The van der Waals surface area contributed by atoms with Crippen LogP contribution >= 0.6 is 0 Å². The minimum atomic E-state index is -0.682. The van der Waals surface area contributed by atoms with Crippen molar-refractivity contribution in [2.75, 3.05) is 20.6 Å². The van der Waals surface area contributed by atoms with E-state index in [4.69, 9.17) is 4.74 Å². The predicted molar refractivity (Wildman–Crippen MR) is 150 cm³/mol. The molecule has 0 saturated carbocycles. The molecular weight excluding hydrogens is 529 g/mol. The third-order valence-corrected chi connectivity index (χ3v) is 7.01. The average Bonchev–Trinajstić information content (AvgIpc) is 3.18. The summed E-state index contributed by atoms with van der Waals surface area (Å²) in [6, 6.07) is 13.8. The zero-order valence-electron chi connectivity index (χ0n) is 23.4. The Kier molecular flexibility index (Phi) is 9.49. The van der Waals surface area contributed by atoms with Crippen LogP contribution in [0.2, 0.25) is 0 Å². The summed E-state index contributed by atoms with van der Waals surface area (Å²) in [5, 5.41) is 5.45. The van der Waals surface area contributed by atoms with Gasteiger partial charge in [0.05, 0.1) is 0 Å². The Labute approximate surface area is 237 Å². The standard InChI is InChI=1S/C30H34FN5O5/c1-19-15-22(9-11-23(19)31)17-32-27(37)25-26(41-18-21-7-5-4-6-8-21)29(39)36-14-13-20(10-12-24(36)34-25)16-33-28(38)30(40)35(2)3/h4-9,11,15,20H,10,12-14,16-18H2,1-3H3,(H,32,37)(H,33,38). The number of fused-ring (bicyclic) bond motifs is 1. The predicted octanol–water partition coefficient (Wildman–Crippen LogP) is 2.36. The quantitative estimate of drug-likeness (QED) is 0.406. The fourth-order valence-corrected chi connectivity index (χ4v) is 4.61. The molecule has 1 aliphatic rings. The summed E-state index contributed by atoms with van der Waals surface area (Å²) in [5.74, 6) is -1.92. The molecule has 0 saturated heterocycles. The SMILES string of the molecule is Cc1cc(CNC(=O)c2nc3n(c(=O)c2OCc2ccccc2)CCC(CNC(=O)C(=O)N(C)C)CC3)ccc1F. The maximum absolute atomic E-state index is 13.7. The Morgan fingerprint density at radius 1 is 1.07 bits per heavy atom. The van der Waals surface area contributed by atoms with E-state index in [1.165, 1.54) is 29.6 Å². The van der Waals surface area contributed by atoms with E-state index in [1.807, 2.05) is 30.3 Å². The molecule has 1 atom stereocenters. The smallest absolute Gasteiger partial charge is 0.311 e. The lowest BCUT2D eigenvalue weighted by Gasteiger charge is -2.16. The monoisotopic (exact) mass is 563 g/mol. The summed E-state index contributed by atoms with van der Waals surface area (Å²) in [6.07, 6.45) is 1.56. The number of aromatic nitrogens is 2. The van der Waals surface area contributed by atoms with Crippen molar-refractivity contribution in [3.8, 4) is 5.75 Å². The van der Waals surface area contributed by atoms with Crippen LogP contribution in [-0.4, -0.2) is 52.8 Å². The Balaban J connectivity index is 1.55. The second-order valence-electron chi connectivity index (χ2n) is 10.3. The molecule has 0 radical (unpaired) electrons. The van der Waals surface area contributed by atoms with Crippen LogP contribution in [0.15, 0.2) is 53.3 Å². The van der Waals surface area contributed by atoms with Gasteiger partial charge in [-0.05, 0) is 48.4 Å². The summed E-state index contributed by atoms with van der Waals surface area (Å²) < 4.78 is 21.1. The highest BCUT2D eigenvalue weighted by Crippen LogP contribution is 2.22. The van der Waals surface area contributed by atoms with Crippen molar-refractivity contribution in [2.45, 2.75) is 45.9 Å². The van der Waals surface area contributed by atoms with Gasteiger partial charge in [0, 0.05) is 40.2 Å².